The largest absolute Gasteiger partial charge is 0.495 e. The van der Waals surface area contributed by atoms with Crippen LogP contribution in [0, 0.1) is 0 Å². The lowest BCUT2D eigenvalue weighted by Crippen LogP contribution is -2.15. The zero-order valence-electron chi connectivity index (χ0n) is 16.6. The van der Waals surface area contributed by atoms with Gasteiger partial charge in [0.15, 0.2) is 5.78 Å². The van der Waals surface area contributed by atoms with Gasteiger partial charge in [0.05, 0.1) is 35.3 Å². The van der Waals surface area contributed by atoms with Gasteiger partial charge in [-0.3, -0.25) is 9.59 Å². The summed E-state index contributed by atoms with van der Waals surface area (Å²) < 4.78 is 5.30. The van der Waals surface area contributed by atoms with E-state index < -0.39 is 5.91 Å². The Labute approximate surface area is 196 Å². The number of hydrogen-bond acceptors (Lipinski definition) is 8. The minimum atomic E-state index is -0.538. The molecule has 1 amide bonds. The number of halogens is 2. The second kappa shape index (κ2) is 9.07. The first-order valence-corrected chi connectivity index (χ1v) is 10.8. The second-order valence-electron chi connectivity index (χ2n) is 6.57. The Bertz CT molecular complexity index is 1350. The van der Waals surface area contributed by atoms with Gasteiger partial charge in [-0.2, -0.15) is 0 Å². The zero-order valence-corrected chi connectivity index (χ0v) is 18.9. The molecule has 0 saturated heterocycles. The summed E-state index contributed by atoms with van der Waals surface area (Å²) in [6, 6.07) is 6.40. The van der Waals surface area contributed by atoms with Gasteiger partial charge in [-0.15, -0.1) is 11.3 Å². The molecule has 0 unspecified atom stereocenters. The number of aromatic nitrogens is 3. The Morgan fingerprint density at radius 2 is 1.97 bits per heavy atom. The number of nitrogens with zero attached hydrogens (tertiary/aromatic N) is 3. The molecule has 0 radical (unpaired) electrons. The molecule has 0 fully saturated rings. The number of Topliss-reactive ketones (excluding diaryl/α,β-unsaturated/α-hetero) is 1. The van der Waals surface area contributed by atoms with E-state index in [4.69, 9.17) is 33.7 Å². The number of benzene rings is 2. The molecule has 3 N–H and O–H groups in total. The number of anilines is 2. The van der Waals surface area contributed by atoms with E-state index in [9.17, 15) is 9.59 Å². The highest BCUT2D eigenvalue weighted by Crippen LogP contribution is 2.41. The van der Waals surface area contributed by atoms with Crippen molar-refractivity contribution in [1.82, 2.24) is 15.0 Å². The molecule has 0 spiro atoms. The number of thiazole rings is 1. The number of rotatable bonds is 6. The number of hydrogen-bond donors (Lipinski definition) is 2. The summed E-state index contributed by atoms with van der Waals surface area (Å²) in [7, 11) is 1.40. The van der Waals surface area contributed by atoms with Crippen LogP contribution >= 0.6 is 34.5 Å². The number of carbonyl (C=O) groups excluding carboxylic acids is 2. The second-order valence-corrected chi connectivity index (χ2v) is 8.30. The number of para-hydroxylation sites is 1. The fraction of sp³-hybridized carbons (Fsp3) is 0.0952. The molecular weight excluding hydrogens is 473 g/mol. The molecule has 11 heteroatoms. The van der Waals surface area contributed by atoms with Gasteiger partial charge in [0.25, 0.3) is 5.91 Å². The summed E-state index contributed by atoms with van der Waals surface area (Å²) >= 11 is 14.3. The fourth-order valence-electron chi connectivity index (χ4n) is 3.12. The lowest BCUT2D eigenvalue weighted by molar-refractivity contribution is 0.0989. The maximum atomic E-state index is 13.1. The Balaban J connectivity index is 1.74. The number of nitrogen functional groups attached to an aromatic ring is 1. The normalized spacial score (nSPS) is 10.8. The summed E-state index contributed by atoms with van der Waals surface area (Å²) in [6.45, 7) is 0. The third kappa shape index (κ3) is 4.10. The van der Waals surface area contributed by atoms with Gasteiger partial charge in [-0.1, -0.05) is 29.3 Å². The molecule has 4 rings (SSSR count). The number of ketones is 1. The topological polar surface area (TPSA) is 120 Å². The van der Waals surface area contributed by atoms with E-state index in [1.54, 1.807) is 29.8 Å². The number of fused-ring (bicyclic) bond motifs is 1. The van der Waals surface area contributed by atoms with E-state index in [0.29, 0.717) is 15.9 Å². The lowest BCUT2D eigenvalue weighted by Gasteiger charge is -2.16. The highest BCUT2D eigenvalue weighted by atomic mass is 35.5. The standard InChI is InChI=1S/C21H15Cl2N5O3S/c1-31-14-7-12(13(29)8-15-25-5-6-32-15)16(22)19(17(14)23)28-21(30)11-4-2-3-10-18(11)26-9-27-20(10)24/h2-7,9H,8H2,1H3,(H,28,30)(H2,24,26,27). The van der Waals surface area contributed by atoms with Crippen LogP contribution in [-0.2, 0) is 6.42 Å². The average Bonchev–Trinajstić information content (AvgIpc) is 3.29. The van der Waals surface area contributed by atoms with Crippen molar-refractivity contribution in [3.8, 4) is 5.75 Å². The first-order valence-electron chi connectivity index (χ1n) is 9.18. The number of carbonyl (C=O) groups is 2. The van der Waals surface area contributed by atoms with Crippen molar-refractivity contribution in [2.24, 2.45) is 0 Å². The average molecular weight is 488 g/mol. The number of ether oxygens (including phenoxy) is 1. The highest BCUT2D eigenvalue weighted by molar-refractivity contribution is 7.09. The van der Waals surface area contributed by atoms with E-state index in [0.717, 1.165) is 0 Å². The van der Waals surface area contributed by atoms with E-state index in [2.05, 4.69) is 20.3 Å². The Kier molecular flexibility index (Phi) is 6.22. The third-order valence-corrected chi connectivity index (χ3v) is 6.21. The van der Waals surface area contributed by atoms with Crippen LogP contribution < -0.4 is 15.8 Å². The minimum Gasteiger partial charge on any atom is -0.495 e. The molecular formula is C21H15Cl2N5O3S. The maximum Gasteiger partial charge on any atom is 0.257 e. The van der Waals surface area contributed by atoms with Crippen molar-refractivity contribution in [2.45, 2.75) is 6.42 Å². The van der Waals surface area contributed by atoms with E-state index in [1.165, 1.54) is 30.8 Å². The van der Waals surface area contributed by atoms with Crippen LogP contribution in [0.1, 0.15) is 25.7 Å². The molecule has 162 valence electrons. The predicted octanol–water partition coefficient (Wildman–Crippen LogP) is 4.66. The van der Waals surface area contributed by atoms with Crippen LogP contribution in [0.25, 0.3) is 10.9 Å². The van der Waals surface area contributed by atoms with Gasteiger partial charge in [0, 0.05) is 22.5 Å². The molecule has 0 saturated carbocycles. The van der Waals surface area contributed by atoms with Crippen molar-refractivity contribution in [2.75, 3.05) is 18.2 Å². The van der Waals surface area contributed by atoms with Crippen molar-refractivity contribution in [3.05, 3.63) is 68.3 Å². The van der Waals surface area contributed by atoms with Crippen molar-refractivity contribution in [3.63, 3.8) is 0 Å². The number of amides is 1. The lowest BCUT2D eigenvalue weighted by atomic mass is 10.1. The Morgan fingerprint density at radius 3 is 2.69 bits per heavy atom. The van der Waals surface area contributed by atoms with Gasteiger partial charge in [-0.05, 0) is 18.2 Å². The van der Waals surface area contributed by atoms with Crippen LogP contribution in [0.5, 0.6) is 5.75 Å². The molecule has 8 nitrogen and oxygen atoms in total. The van der Waals surface area contributed by atoms with E-state index in [1.807, 2.05) is 0 Å². The van der Waals surface area contributed by atoms with Crippen LogP contribution in [0.3, 0.4) is 0 Å². The molecule has 2 aromatic heterocycles. The Hall–Kier alpha value is -3.27. The van der Waals surface area contributed by atoms with Crippen LogP contribution in [0.15, 0.2) is 42.2 Å². The monoisotopic (exact) mass is 487 g/mol. The smallest absolute Gasteiger partial charge is 0.257 e. The SMILES string of the molecule is COc1cc(C(=O)Cc2nccs2)c(Cl)c(NC(=O)c2cccc3c(N)ncnc23)c1Cl. The molecule has 0 atom stereocenters. The highest BCUT2D eigenvalue weighted by Gasteiger charge is 2.24. The first kappa shape index (κ1) is 21.9. The molecule has 32 heavy (non-hydrogen) atoms. The minimum absolute atomic E-state index is 0.0000764. The summed E-state index contributed by atoms with van der Waals surface area (Å²) in [5, 5.41) is 5.69. The third-order valence-electron chi connectivity index (χ3n) is 4.66. The predicted molar refractivity (Wildman–Crippen MR) is 125 cm³/mol. The molecule has 0 aliphatic heterocycles. The summed E-state index contributed by atoms with van der Waals surface area (Å²) in [4.78, 5) is 38.2. The number of nitrogens with one attached hydrogen (secondary N) is 1. The van der Waals surface area contributed by atoms with Gasteiger partial charge in [-0.25, -0.2) is 15.0 Å². The van der Waals surface area contributed by atoms with Gasteiger partial charge >= 0.3 is 0 Å². The first-order chi connectivity index (χ1) is 15.4. The summed E-state index contributed by atoms with van der Waals surface area (Å²) in [5.41, 5.74) is 6.71. The van der Waals surface area contributed by atoms with Gasteiger partial charge in [0.2, 0.25) is 0 Å². The zero-order chi connectivity index (χ0) is 22.8. The quantitative estimate of drug-likeness (QED) is 0.379. The van der Waals surface area contributed by atoms with Crippen LogP contribution in [-0.4, -0.2) is 33.8 Å². The van der Waals surface area contributed by atoms with Crippen molar-refractivity contribution < 1.29 is 14.3 Å². The Morgan fingerprint density at radius 1 is 1.16 bits per heavy atom. The molecule has 0 aliphatic carbocycles. The summed E-state index contributed by atoms with van der Waals surface area (Å²) in [6.07, 6.45) is 2.94. The molecule has 2 heterocycles. The van der Waals surface area contributed by atoms with Crippen molar-refractivity contribution >= 4 is 68.6 Å². The van der Waals surface area contributed by atoms with E-state index >= 15 is 0 Å². The summed E-state index contributed by atoms with van der Waals surface area (Å²) in [5.74, 6) is -0.388. The molecule has 0 bridgehead atoms. The maximum absolute atomic E-state index is 13.1. The van der Waals surface area contributed by atoms with Crippen LogP contribution in [0.2, 0.25) is 10.0 Å². The van der Waals surface area contributed by atoms with Gasteiger partial charge in [0.1, 0.15) is 27.9 Å². The van der Waals surface area contributed by atoms with Gasteiger partial charge < -0.3 is 15.8 Å². The van der Waals surface area contributed by atoms with E-state index in [-0.39, 0.29) is 50.6 Å². The molecule has 4 aromatic rings. The molecule has 2 aromatic carbocycles. The number of methoxy groups -OCH3 is 1. The van der Waals surface area contributed by atoms with Crippen LogP contribution in [0.4, 0.5) is 11.5 Å². The fourth-order valence-corrected chi connectivity index (χ4v) is 4.36. The number of nitrogens with two attached hydrogens (primary N) is 1. The van der Waals surface area contributed by atoms with Crippen molar-refractivity contribution in [1.29, 1.82) is 0 Å². The molecule has 0 aliphatic rings.